The van der Waals surface area contributed by atoms with E-state index in [1.165, 1.54) is 27.6 Å². The molecule has 0 radical (unpaired) electrons. The predicted octanol–water partition coefficient (Wildman–Crippen LogP) is 0.385. The molecule has 4 heteroatoms. The second-order valence-corrected chi connectivity index (χ2v) is 5.78. The third-order valence-corrected chi connectivity index (χ3v) is 4.40. The average Bonchev–Trinajstić information content (AvgIpc) is 2.71. The molecule has 0 fully saturated rings. The Bertz CT molecular complexity index is 640. The number of aromatic nitrogens is 1. The highest BCUT2D eigenvalue weighted by Gasteiger charge is 2.35. The van der Waals surface area contributed by atoms with Crippen molar-refractivity contribution in [3.8, 4) is 5.88 Å². The number of ether oxygens (including phenoxy) is 1. The van der Waals surface area contributed by atoms with Crippen LogP contribution in [0.25, 0.3) is 10.9 Å². The number of benzene rings is 1. The summed E-state index contributed by atoms with van der Waals surface area (Å²) < 4.78 is 8.15. The molecule has 1 unspecified atom stereocenters. The summed E-state index contributed by atoms with van der Waals surface area (Å²) in [6.45, 7) is 7.26. The molecule has 1 aliphatic heterocycles. The number of fused-ring (bicyclic) bond motifs is 3. The van der Waals surface area contributed by atoms with E-state index >= 15 is 0 Å². The zero-order chi connectivity index (χ0) is 12.9. The summed E-state index contributed by atoms with van der Waals surface area (Å²) in [5.41, 5.74) is 5.25. The summed E-state index contributed by atoms with van der Waals surface area (Å²) in [4.78, 5) is 0. The van der Waals surface area contributed by atoms with Crippen molar-refractivity contribution in [2.24, 2.45) is 0 Å². The van der Waals surface area contributed by atoms with Gasteiger partial charge in [-0.25, -0.2) is 0 Å². The van der Waals surface area contributed by atoms with Crippen LogP contribution in [0.5, 0.6) is 5.88 Å². The molecule has 3 rings (SSSR count). The van der Waals surface area contributed by atoms with Gasteiger partial charge in [0.25, 0.3) is 0 Å². The number of rotatable bonds is 1. The number of alkyl halides is 1. The molecule has 0 aliphatic carbocycles. The minimum atomic E-state index is 0. The van der Waals surface area contributed by atoms with E-state index in [1.54, 1.807) is 0 Å². The summed E-state index contributed by atoms with van der Waals surface area (Å²) in [6, 6.07) is 7.07. The lowest BCUT2D eigenvalue weighted by molar-refractivity contribution is -0.675. The first-order valence-corrected chi connectivity index (χ1v) is 7.39. The Morgan fingerprint density at radius 3 is 2.63 bits per heavy atom. The molecular weight excluding hydrogens is 370 g/mol. The number of nitrogens with zero attached hydrogens (tertiary/aromatic N) is 1. The molecule has 1 atom stereocenters. The van der Waals surface area contributed by atoms with Crippen LogP contribution < -0.4 is 26.3 Å². The van der Waals surface area contributed by atoms with Crippen LogP contribution >= 0.6 is 15.9 Å². The fourth-order valence-electron chi connectivity index (χ4n) is 2.87. The second kappa shape index (κ2) is 5.41. The Labute approximate surface area is 132 Å². The molecule has 102 valence electrons. The van der Waals surface area contributed by atoms with Gasteiger partial charge in [-0.05, 0) is 44.0 Å². The molecule has 1 aromatic heterocycles. The van der Waals surface area contributed by atoms with E-state index in [1.807, 2.05) is 0 Å². The third kappa shape index (κ3) is 2.29. The highest BCUT2D eigenvalue weighted by Crippen LogP contribution is 2.29. The largest absolute Gasteiger partial charge is 1.00 e. The molecule has 19 heavy (non-hydrogen) atoms. The van der Waals surface area contributed by atoms with Crippen LogP contribution in [0.2, 0.25) is 0 Å². The van der Waals surface area contributed by atoms with Crippen molar-refractivity contribution in [1.82, 2.24) is 0 Å². The standard InChI is InChI=1S/C15H17BrNO.BrH/c1-9-4-11(3)15-13(5-9)10(2)6-14-17(15)12(7-16)8-18-14;/h4-6,12H,7-8H2,1-3H3;1H/q+1;/p-1. The Kier molecular flexibility index (Phi) is 4.21. The lowest BCUT2D eigenvalue weighted by Gasteiger charge is -2.08. The minimum absolute atomic E-state index is 0. The number of hydrogen-bond acceptors (Lipinski definition) is 1. The van der Waals surface area contributed by atoms with E-state index in [-0.39, 0.29) is 17.0 Å². The van der Waals surface area contributed by atoms with E-state index in [0.717, 1.165) is 17.8 Å². The van der Waals surface area contributed by atoms with Crippen molar-refractivity contribution >= 4 is 26.8 Å². The molecule has 0 amide bonds. The summed E-state index contributed by atoms with van der Waals surface area (Å²) >= 11 is 3.59. The van der Waals surface area contributed by atoms with Crippen molar-refractivity contribution in [2.75, 3.05) is 11.9 Å². The number of pyridine rings is 1. The van der Waals surface area contributed by atoms with Gasteiger partial charge in [-0.3, -0.25) is 0 Å². The first-order valence-electron chi connectivity index (χ1n) is 6.26. The van der Waals surface area contributed by atoms with Gasteiger partial charge in [-0.2, -0.15) is 4.57 Å². The smallest absolute Gasteiger partial charge is 0.369 e. The Balaban J connectivity index is 0.00000133. The second-order valence-electron chi connectivity index (χ2n) is 5.13. The van der Waals surface area contributed by atoms with E-state index < -0.39 is 0 Å². The minimum Gasteiger partial charge on any atom is -1.00 e. The van der Waals surface area contributed by atoms with Gasteiger partial charge in [0.1, 0.15) is 0 Å². The van der Waals surface area contributed by atoms with Crippen LogP contribution in [-0.2, 0) is 0 Å². The van der Waals surface area contributed by atoms with Gasteiger partial charge in [-0.1, -0.05) is 15.9 Å². The van der Waals surface area contributed by atoms with E-state index in [4.69, 9.17) is 4.74 Å². The Morgan fingerprint density at radius 2 is 1.95 bits per heavy atom. The molecular formula is C15H17Br2NO. The fourth-order valence-corrected chi connectivity index (χ4v) is 3.34. The average molecular weight is 387 g/mol. The van der Waals surface area contributed by atoms with Crippen molar-refractivity contribution in [3.63, 3.8) is 0 Å². The first-order chi connectivity index (χ1) is 8.61. The third-order valence-electron chi connectivity index (χ3n) is 3.65. The lowest BCUT2D eigenvalue weighted by atomic mass is 10.0. The van der Waals surface area contributed by atoms with Crippen LogP contribution in [-0.4, -0.2) is 11.9 Å². The van der Waals surface area contributed by atoms with Crippen molar-refractivity contribution in [1.29, 1.82) is 0 Å². The highest BCUT2D eigenvalue weighted by molar-refractivity contribution is 9.09. The maximum absolute atomic E-state index is 5.81. The van der Waals surface area contributed by atoms with Gasteiger partial charge < -0.3 is 21.7 Å². The Morgan fingerprint density at radius 1 is 1.21 bits per heavy atom. The van der Waals surface area contributed by atoms with Crippen molar-refractivity contribution in [2.45, 2.75) is 26.8 Å². The lowest BCUT2D eigenvalue weighted by Crippen LogP contribution is -3.00. The van der Waals surface area contributed by atoms with E-state index in [2.05, 4.69) is 59.5 Å². The summed E-state index contributed by atoms with van der Waals surface area (Å²) in [6.07, 6.45) is 0. The van der Waals surface area contributed by atoms with Gasteiger partial charge >= 0.3 is 5.88 Å². The Hall–Kier alpha value is -0.610. The van der Waals surface area contributed by atoms with Crippen LogP contribution in [0.15, 0.2) is 18.2 Å². The van der Waals surface area contributed by atoms with Gasteiger partial charge in [0, 0.05) is 5.56 Å². The van der Waals surface area contributed by atoms with Crippen LogP contribution in [0.1, 0.15) is 22.7 Å². The normalized spacial score (nSPS) is 16.9. The molecule has 0 saturated heterocycles. The molecule has 0 saturated carbocycles. The molecule has 1 aliphatic rings. The van der Waals surface area contributed by atoms with Crippen LogP contribution in [0.4, 0.5) is 0 Å². The summed E-state index contributed by atoms with van der Waals surface area (Å²) in [5, 5.41) is 2.27. The zero-order valence-corrected chi connectivity index (χ0v) is 14.5. The highest BCUT2D eigenvalue weighted by atomic mass is 79.9. The molecule has 2 aromatic rings. The van der Waals surface area contributed by atoms with Gasteiger partial charge in [0.2, 0.25) is 11.6 Å². The zero-order valence-electron chi connectivity index (χ0n) is 11.3. The van der Waals surface area contributed by atoms with Crippen LogP contribution in [0, 0.1) is 20.8 Å². The van der Waals surface area contributed by atoms with Gasteiger partial charge in [0.05, 0.1) is 16.8 Å². The summed E-state index contributed by atoms with van der Waals surface area (Å²) in [7, 11) is 0. The van der Waals surface area contributed by atoms with Gasteiger partial charge in [-0.15, -0.1) is 0 Å². The molecule has 0 spiro atoms. The van der Waals surface area contributed by atoms with E-state index in [9.17, 15) is 0 Å². The van der Waals surface area contributed by atoms with Crippen molar-refractivity contribution in [3.05, 3.63) is 34.9 Å². The summed E-state index contributed by atoms with van der Waals surface area (Å²) in [5.74, 6) is 0.997. The van der Waals surface area contributed by atoms with Crippen LogP contribution in [0.3, 0.4) is 0 Å². The maximum atomic E-state index is 5.81. The molecule has 0 bridgehead atoms. The number of halogens is 2. The predicted molar refractivity (Wildman–Crippen MR) is 76.7 cm³/mol. The monoisotopic (exact) mass is 385 g/mol. The molecule has 2 nitrogen and oxygen atoms in total. The number of aryl methyl sites for hydroxylation is 3. The number of hydrogen-bond donors (Lipinski definition) is 0. The van der Waals surface area contributed by atoms with E-state index in [0.29, 0.717) is 6.04 Å². The maximum Gasteiger partial charge on any atom is 0.369 e. The molecule has 1 aromatic carbocycles. The van der Waals surface area contributed by atoms with Gasteiger partial charge in [0.15, 0.2) is 6.61 Å². The fraction of sp³-hybridized carbons (Fsp3) is 0.400. The van der Waals surface area contributed by atoms with Crippen molar-refractivity contribution < 1.29 is 26.3 Å². The molecule has 2 heterocycles. The SMILES string of the molecule is Cc1cc(C)c2c(c1)c(C)cc1[n+]2C(CBr)CO1.[Br-]. The quantitative estimate of drug-likeness (QED) is 0.510. The molecule has 0 N–H and O–H groups in total. The topological polar surface area (TPSA) is 13.1 Å². The first kappa shape index (κ1) is 14.8.